The molecule has 31 heavy (non-hydrogen) atoms. The Kier molecular flexibility index (Phi) is 4.10. The van der Waals surface area contributed by atoms with Crippen molar-refractivity contribution in [2.75, 3.05) is 0 Å². The molecule has 6 heteroatoms. The van der Waals surface area contributed by atoms with Crippen molar-refractivity contribution in [2.24, 2.45) is 0 Å². The van der Waals surface area contributed by atoms with Crippen LogP contribution < -0.4 is 0 Å². The number of aryl methyl sites for hydroxylation is 1. The van der Waals surface area contributed by atoms with Gasteiger partial charge in [-0.05, 0) is 60.1 Å². The van der Waals surface area contributed by atoms with Crippen molar-refractivity contribution in [3.05, 3.63) is 108 Å². The van der Waals surface area contributed by atoms with E-state index in [0.29, 0.717) is 11.6 Å². The standard InChI is InChI=1S/C25H18N6/c1-2-5-18(6-3-1)23-11-8-19-17-30(29-25(19)23)21-12-14-26-20(15-21)9-10-22-16-27-24-7-4-13-28-31(22)24/h1-7,12-17,23H,8,11H2. The van der Waals surface area contributed by atoms with Gasteiger partial charge in [-0.15, -0.1) is 0 Å². The molecule has 0 radical (unpaired) electrons. The normalized spacial score (nSPS) is 14.9. The van der Waals surface area contributed by atoms with Crippen LogP contribution in [0.2, 0.25) is 0 Å². The quantitative estimate of drug-likeness (QED) is 0.422. The first kappa shape index (κ1) is 17.6. The number of rotatable bonds is 2. The van der Waals surface area contributed by atoms with Crippen LogP contribution >= 0.6 is 0 Å². The monoisotopic (exact) mass is 402 g/mol. The maximum absolute atomic E-state index is 4.93. The van der Waals surface area contributed by atoms with Crippen LogP contribution in [0, 0.1) is 11.8 Å². The van der Waals surface area contributed by atoms with E-state index in [4.69, 9.17) is 5.10 Å². The third-order valence-electron chi connectivity index (χ3n) is 5.66. The highest BCUT2D eigenvalue weighted by Gasteiger charge is 2.27. The SMILES string of the molecule is C(#Cc1cnc2cccnn12)c1cc(-n2cc3c(n2)C(c2ccccc2)CC3)ccn1. The molecular weight excluding hydrogens is 384 g/mol. The van der Waals surface area contributed by atoms with Crippen molar-refractivity contribution in [1.82, 2.24) is 29.4 Å². The molecule has 0 saturated carbocycles. The summed E-state index contributed by atoms with van der Waals surface area (Å²) in [5, 5.41) is 9.22. The molecule has 0 saturated heterocycles. The molecular formula is C25H18N6. The van der Waals surface area contributed by atoms with Gasteiger partial charge in [0.05, 0.1) is 17.6 Å². The highest BCUT2D eigenvalue weighted by Crippen LogP contribution is 2.37. The summed E-state index contributed by atoms with van der Waals surface area (Å²) in [4.78, 5) is 8.73. The van der Waals surface area contributed by atoms with E-state index < -0.39 is 0 Å². The van der Waals surface area contributed by atoms with Gasteiger partial charge >= 0.3 is 0 Å². The molecule has 1 aliphatic carbocycles. The second kappa shape index (κ2) is 7.22. The number of fused-ring (bicyclic) bond motifs is 2. The van der Waals surface area contributed by atoms with Crippen LogP contribution in [0.4, 0.5) is 0 Å². The number of nitrogens with zero attached hydrogens (tertiary/aromatic N) is 6. The lowest BCUT2D eigenvalue weighted by Gasteiger charge is -2.09. The number of hydrogen-bond acceptors (Lipinski definition) is 4. The summed E-state index contributed by atoms with van der Waals surface area (Å²) >= 11 is 0. The smallest absolute Gasteiger partial charge is 0.154 e. The van der Waals surface area contributed by atoms with Gasteiger partial charge in [-0.2, -0.15) is 10.2 Å². The Morgan fingerprint density at radius 3 is 2.81 bits per heavy atom. The van der Waals surface area contributed by atoms with Gasteiger partial charge in [0.1, 0.15) is 11.4 Å². The van der Waals surface area contributed by atoms with Gasteiger partial charge in [-0.3, -0.25) is 0 Å². The van der Waals surface area contributed by atoms with Gasteiger partial charge in [-0.25, -0.2) is 19.2 Å². The number of benzene rings is 1. The van der Waals surface area contributed by atoms with Crippen LogP contribution in [0.5, 0.6) is 0 Å². The van der Waals surface area contributed by atoms with Crippen LogP contribution in [0.3, 0.4) is 0 Å². The highest BCUT2D eigenvalue weighted by atomic mass is 15.3. The molecule has 0 N–H and O–H groups in total. The van der Waals surface area contributed by atoms with E-state index in [9.17, 15) is 0 Å². The van der Waals surface area contributed by atoms with Crippen LogP contribution in [-0.4, -0.2) is 29.4 Å². The van der Waals surface area contributed by atoms with Crippen molar-refractivity contribution in [3.8, 4) is 17.5 Å². The Balaban J connectivity index is 1.32. The predicted octanol–water partition coefficient (Wildman–Crippen LogP) is 3.79. The third kappa shape index (κ3) is 3.17. The van der Waals surface area contributed by atoms with E-state index in [1.807, 2.05) is 28.9 Å². The Morgan fingerprint density at radius 2 is 1.87 bits per heavy atom. The molecule has 0 bridgehead atoms. The molecule has 0 spiro atoms. The first-order valence-corrected chi connectivity index (χ1v) is 10.3. The van der Waals surface area contributed by atoms with E-state index in [0.717, 1.165) is 29.9 Å². The Labute approximate surface area is 179 Å². The van der Waals surface area contributed by atoms with Crippen LogP contribution in [0.25, 0.3) is 11.3 Å². The van der Waals surface area contributed by atoms with Crippen molar-refractivity contribution < 1.29 is 0 Å². The number of aromatic nitrogens is 6. The lowest BCUT2D eigenvalue weighted by Crippen LogP contribution is -2.02. The summed E-state index contributed by atoms with van der Waals surface area (Å²) in [5.74, 6) is 6.62. The summed E-state index contributed by atoms with van der Waals surface area (Å²) in [6.07, 6.45) is 9.52. The molecule has 5 aromatic rings. The Hall–Kier alpha value is -4.24. The van der Waals surface area contributed by atoms with Gasteiger partial charge in [0.2, 0.25) is 0 Å². The van der Waals surface area contributed by atoms with E-state index in [1.54, 1.807) is 23.1 Å². The fourth-order valence-electron chi connectivity index (χ4n) is 4.16. The number of pyridine rings is 1. The highest BCUT2D eigenvalue weighted by molar-refractivity contribution is 5.47. The first-order valence-electron chi connectivity index (χ1n) is 10.3. The van der Waals surface area contributed by atoms with Gasteiger partial charge in [0.15, 0.2) is 5.65 Å². The maximum Gasteiger partial charge on any atom is 0.154 e. The van der Waals surface area contributed by atoms with Crippen molar-refractivity contribution in [3.63, 3.8) is 0 Å². The Morgan fingerprint density at radius 1 is 0.935 bits per heavy atom. The lowest BCUT2D eigenvalue weighted by molar-refractivity contribution is 0.726. The maximum atomic E-state index is 4.93. The molecule has 0 amide bonds. The number of hydrogen-bond donors (Lipinski definition) is 0. The zero-order valence-electron chi connectivity index (χ0n) is 16.7. The minimum Gasteiger partial charge on any atom is -0.248 e. The molecule has 1 unspecified atom stereocenters. The van der Waals surface area contributed by atoms with Gasteiger partial charge in [0.25, 0.3) is 0 Å². The topological polar surface area (TPSA) is 60.9 Å². The second-order valence-corrected chi connectivity index (χ2v) is 7.57. The van der Waals surface area contributed by atoms with E-state index in [1.165, 1.54) is 16.8 Å². The Bertz CT molecular complexity index is 1450. The molecule has 148 valence electrons. The lowest BCUT2D eigenvalue weighted by atomic mass is 9.97. The molecule has 6 rings (SSSR count). The zero-order valence-corrected chi connectivity index (χ0v) is 16.7. The van der Waals surface area contributed by atoms with Crippen LogP contribution in [-0.2, 0) is 6.42 Å². The number of imidazole rings is 1. The molecule has 6 nitrogen and oxygen atoms in total. The largest absolute Gasteiger partial charge is 0.248 e. The fraction of sp³-hybridized carbons (Fsp3) is 0.120. The molecule has 0 fully saturated rings. The van der Waals surface area contributed by atoms with Crippen LogP contribution in [0.1, 0.15) is 40.5 Å². The van der Waals surface area contributed by atoms with Gasteiger partial charge in [0, 0.05) is 24.5 Å². The molecule has 4 aromatic heterocycles. The molecule has 1 atom stereocenters. The van der Waals surface area contributed by atoms with Gasteiger partial charge in [-0.1, -0.05) is 30.3 Å². The zero-order chi connectivity index (χ0) is 20.6. The average molecular weight is 402 g/mol. The third-order valence-corrected chi connectivity index (χ3v) is 5.66. The van der Waals surface area contributed by atoms with Gasteiger partial charge < -0.3 is 0 Å². The van der Waals surface area contributed by atoms with Crippen molar-refractivity contribution in [2.45, 2.75) is 18.8 Å². The summed E-state index contributed by atoms with van der Waals surface area (Å²) in [7, 11) is 0. The van der Waals surface area contributed by atoms with Crippen LogP contribution in [0.15, 0.2) is 79.4 Å². The van der Waals surface area contributed by atoms with Crippen molar-refractivity contribution >= 4 is 5.65 Å². The first-order chi connectivity index (χ1) is 15.3. The second-order valence-electron chi connectivity index (χ2n) is 7.57. The molecule has 0 aliphatic heterocycles. The minimum absolute atomic E-state index is 0.362. The van der Waals surface area contributed by atoms with E-state index in [2.05, 4.69) is 63.4 Å². The summed E-state index contributed by atoms with van der Waals surface area (Å²) in [6.45, 7) is 0. The van der Waals surface area contributed by atoms with Crippen molar-refractivity contribution in [1.29, 1.82) is 0 Å². The molecule has 4 heterocycles. The summed E-state index contributed by atoms with van der Waals surface area (Å²) in [6, 6.07) is 18.3. The average Bonchev–Trinajstić information content (AvgIpc) is 3.53. The summed E-state index contributed by atoms with van der Waals surface area (Å²) in [5.41, 5.74) is 6.95. The van der Waals surface area contributed by atoms with E-state index in [-0.39, 0.29) is 0 Å². The predicted molar refractivity (Wildman–Crippen MR) is 117 cm³/mol. The fourth-order valence-corrected chi connectivity index (χ4v) is 4.16. The molecule has 1 aromatic carbocycles. The summed E-state index contributed by atoms with van der Waals surface area (Å²) < 4.78 is 3.67. The molecule has 1 aliphatic rings. The minimum atomic E-state index is 0.362. The van der Waals surface area contributed by atoms with E-state index >= 15 is 0 Å².